The monoisotopic (exact) mass is 441 g/mol. The van der Waals surface area contributed by atoms with Crippen LogP contribution in [-0.4, -0.2) is 67.6 Å². The highest BCUT2D eigenvalue weighted by molar-refractivity contribution is 5.81. The summed E-state index contributed by atoms with van der Waals surface area (Å²) in [5.41, 5.74) is 0.208. The minimum absolute atomic E-state index is 0.00927. The Balaban J connectivity index is 1.27. The Morgan fingerprint density at radius 2 is 2.06 bits per heavy atom. The van der Waals surface area contributed by atoms with E-state index in [2.05, 4.69) is 16.4 Å². The Labute approximate surface area is 186 Å². The number of likely N-dealkylation sites (N-methyl/N-ethyl adjacent to an activating group) is 1. The Morgan fingerprint density at radius 3 is 2.72 bits per heavy atom. The lowest BCUT2D eigenvalue weighted by molar-refractivity contribution is -0.140. The molecule has 4 rings (SSSR count). The number of carbonyl (C=O) groups is 2. The van der Waals surface area contributed by atoms with Gasteiger partial charge >= 0.3 is 0 Å². The number of furan rings is 1. The lowest BCUT2D eigenvalue weighted by Crippen LogP contribution is -2.43. The molecule has 2 aliphatic rings. The van der Waals surface area contributed by atoms with E-state index in [-0.39, 0.29) is 35.4 Å². The molecule has 0 spiro atoms. The van der Waals surface area contributed by atoms with Crippen molar-refractivity contribution in [3.63, 3.8) is 0 Å². The maximum Gasteiger partial charge on any atom is 0.266 e. The maximum atomic E-state index is 12.6. The molecule has 2 aromatic heterocycles. The molecule has 0 aliphatic carbocycles. The molecular weight excluding hydrogens is 414 g/mol. The number of hydrogen-bond donors (Lipinski definition) is 1. The van der Waals surface area contributed by atoms with Gasteiger partial charge in [-0.25, -0.2) is 0 Å². The molecule has 10 nitrogen and oxygen atoms in total. The zero-order chi connectivity index (χ0) is 22.7. The zero-order valence-corrected chi connectivity index (χ0v) is 18.2. The minimum Gasteiger partial charge on any atom is -0.459 e. The molecule has 0 bridgehead atoms. The fraction of sp³-hybridized carbons (Fsp3) is 0.545. The zero-order valence-electron chi connectivity index (χ0n) is 18.2. The summed E-state index contributed by atoms with van der Waals surface area (Å²) in [4.78, 5) is 32.3. The van der Waals surface area contributed by atoms with Crippen molar-refractivity contribution >= 4 is 17.7 Å². The maximum absolute atomic E-state index is 12.6. The predicted molar refractivity (Wildman–Crippen MR) is 113 cm³/mol. The van der Waals surface area contributed by atoms with E-state index in [1.165, 1.54) is 11.2 Å². The van der Waals surface area contributed by atoms with Crippen LogP contribution in [-0.2, 0) is 14.3 Å². The molecule has 2 fully saturated rings. The van der Waals surface area contributed by atoms with Gasteiger partial charge in [0.15, 0.2) is 5.76 Å². The average molecular weight is 441 g/mol. The van der Waals surface area contributed by atoms with Crippen LogP contribution in [0.4, 0.5) is 5.88 Å². The number of anilines is 1. The number of aromatic nitrogens is 1. The molecular formula is C22H27N5O5. The van der Waals surface area contributed by atoms with Gasteiger partial charge in [0.2, 0.25) is 17.5 Å². The average Bonchev–Trinajstić information content (AvgIpc) is 3.57. The summed E-state index contributed by atoms with van der Waals surface area (Å²) in [5.74, 6) is 0.976. The fourth-order valence-corrected chi connectivity index (χ4v) is 4.13. The van der Waals surface area contributed by atoms with Gasteiger partial charge in [-0.1, -0.05) is 0 Å². The molecule has 0 unspecified atom stereocenters. The lowest BCUT2D eigenvalue weighted by atomic mass is 9.96. The van der Waals surface area contributed by atoms with E-state index >= 15 is 0 Å². The second-order valence-electron chi connectivity index (χ2n) is 8.33. The molecule has 4 heterocycles. The highest BCUT2D eigenvalue weighted by Gasteiger charge is 2.33. The summed E-state index contributed by atoms with van der Waals surface area (Å²) in [6, 6.07) is 5.52. The number of ether oxygens (including phenoxy) is 1. The lowest BCUT2D eigenvalue weighted by Gasteiger charge is -2.31. The van der Waals surface area contributed by atoms with Crippen LogP contribution in [0.3, 0.4) is 0 Å². The summed E-state index contributed by atoms with van der Waals surface area (Å²) in [6.07, 6.45) is 3.67. The van der Waals surface area contributed by atoms with E-state index in [9.17, 15) is 14.9 Å². The summed E-state index contributed by atoms with van der Waals surface area (Å²) in [6.45, 7) is 1.57. The molecule has 2 saturated heterocycles. The number of oxazole rings is 1. The first-order valence-corrected chi connectivity index (χ1v) is 10.8. The first-order valence-electron chi connectivity index (χ1n) is 10.8. The second kappa shape index (κ2) is 9.44. The van der Waals surface area contributed by atoms with Gasteiger partial charge in [0.25, 0.3) is 11.8 Å². The molecule has 0 radical (unpaired) electrons. The van der Waals surface area contributed by atoms with E-state index in [0.29, 0.717) is 50.5 Å². The normalized spacial score (nSPS) is 21.3. The third-order valence-electron chi connectivity index (χ3n) is 5.93. The van der Waals surface area contributed by atoms with Gasteiger partial charge in [-0.15, -0.1) is 0 Å². The van der Waals surface area contributed by atoms with Crippen LogP contribution in [0.5, 0.6) is 0 Å². The summed E-state index contributed by atoms with van der Waals surface area (Å²) in [5, 5.41) is 12.4. The van der Waals surface area contributed by atoms with E-state index < -0.39 is 6.10 Å². The summed E-state index contributed by atoms with van der Waals surface area (Å²) in [7, 11) is 3.42. The highest BCUT2D eigenvalue weighted by Crippen LogP contribution is 2.31. The predicted octanol–water partition coefficient (Wildman–Crippen LogP) is 1.77. The fourth-order valence-electron chi connectivity index (χ4n) is 4.13. The Hall–Kier alpha value is -3.32. The van der Waals surface area contributed by atoms with Crippen molar-refractivity contribution in [3.8, 4) is 17.7 Å². The second-order valence-corrected chi connectivity index (χ2v) is 8.33. The van der Waals surface area contributed by atoms with Gasteiger partial charge in [0, 0.05) is 39.6 Å². The topological polar surface area (TPSA) is 125 Å². The summed E-state index contributed by atoms with van der Waals surface area (Å²) >= 11 is 0. The Morgan fingerprint density at radius 1 is 1.28 bits per heavy atom. The quantitative estimate of drug-likeness (QED) is 0.719. The number of nitrogens with one attached hydrogen (secondary N) is 1. The van der Waals surface area contributed by atoms with Gasteiger partial charge in [0.1, 0.15) is 12.2 Å². The van der Waals surface area contributed by atoms with Crippen LogP contribution in [0.2, 0.25) is 0 Å². The van der Waals surface area contributed by atoms with Gasteiger partial charge < -0.3 is 28.7 Å². The Bertz CT molecular complexity index is 985. The van der Waals surface area contributed by atoms with Crippen molar-refractivity contribution in [3.05, 3.63) is 24.1 Å². The first kappa shape index (κ1) is 21.9. The summed E-state index contributed by atoms with van der Waals surface area (Å²) < 4.78 is 16.9. The van der Waals surface area contributed by atoms with E-state index in [4.69, 9.17) is 13.6 Å². The Kier molecular flexibility index (Phi) is 6.46. The van der Waals surface area contributed by atoms with E-state index in [0.717, 1.165) is 6.42 Å². The number of amides is 2. The molecule has 1 N–H and O–H groups in total. The molecule has 2 aromatic rings. The number of nitrogens with zero attached hydrogens (tertiary/aromatic N) is 4. The van der Waals surface area contributed by atoms with Gasteiger partial charge in [-0.05, 0) is 37.8 Å². The van der Waals surface area contributed by atoms with E-state index in [1.807, 2.05) is 4.90 Å². The van der Waals surface area contributed by atoms with Crippen molar-refractivity contribution in [2.75, 3.05) is 38.6 Å². The molecule has 0 saturated carbocycles. The number of carbonyl (C=O) groups excluding carboxylic acids is 2. The van der Waals surface area contributed by atoms with Gasteiger partial charge in [-0.3, -0.25) is 9.59 Å². The van der Waals surface area contributed by atoms with E-state index in [1.54, 1.807) is 26.2 Å². The first-order chi connectivity index (χ1) is 15.5. The van der Waals surface area contributed by atoms with Crippen LogP contribution >= 0.6 is 0 Å². The molecule has 32 heavy (non-hydrogen) atoms. The van der Waals surface area contributed by atoms with Crippen LogP contribution < -0.4 is 10.2 Å². The number of nitriles is 1. The van der Waals surface area contributed by atoms with Crippen molar-refractivity contribution in [1.82, 2.24) is 15.2 Å². The molecule has 0 aromatic carbocycles. The third-order valence-corrected chi connectivity index (χ3v) is 5.93. The third kappa shape index (κ3) is 4.62. The standard InChI is InChI=1S/C22H27N5O5/c1-26(2)21(29)18-6-5-15(31-18)13-24-19(28)14-7-9-27(10-8-14)22-16(12-23)25-20(32-22)17-4-3-11-30-17/h3-4,11,14-15,18H,5-10,13H2,1-2H3,(H,24,28)/t15-,18-/m1/s1. The molecule has 10 heteroatoms. The largest absolute Gasteiger partial charge is 0.459 e. The SMILES string of the molecule is CN(C)C(=O)[C@H]1CC[C@H](CNC(=O)C2CCN(c3oc(-c4ccco4)nc3C#N)CC2)O1. The van der Waals surface area contributed by atoms with Crippen molar-refractivity contribution in [2.45, 2.75) is 37.9 Å². The van der Waals surface area contributed by atoms with Crippen molar-refractivity contribution in [2.24, 2.45) is 5.92 Å². The molecule has 2 atom stereocenters. The molecule has 170 valence electrons. The van der Waals surface area contributed by atoms with Gasteiger partial charge in [0.05, 0.1) is 12.4 Å². The number of piperidine rings is 1. The smallest absolute Gasteiger partial charge is 0.266 e. The number of hydrogen-bond acceptors (Lipinski definition) is 8. The minimum atomic E-state index is -0.419. The van der Waals surface area contributed by atoms with Crippen molar-refractivity contribution in [1.29, 1.82) is 5.26 Å². The van der Waals surface area contributed by atoms with Crippen LogP contribution in [0, 0.1) is 17.2 Å². The van der Waals surface area contributed by atoms with Crippen LogP contribution in [0.1, 0.15) is 31.4 Å². The van der Waals surface area contributed by atoms with Gasteiger partial charge in [-0.2, -0.15) is 10.2 Å². The molecule has 2 aliphatic heterocycles. The highest BCUT2D eigenvalue weighted by atomic mass is 16.5. The number of rotatable bonds is 6. The van der Waals surface area contributed by atoms with Crippen LogP contribution in [0.25, 0.3) is 11.7 Å². The van der Waals surface area contributed by atoms with Crippen LogP contribution in [0.15, 0.2) is 27.2 Å². The van der Waals surface area contributed by atoms with Crippen molar-refractivity contribution < 1.29 is 23.2 Å². The molecule has 2 amide bonds.